The molecule has 0 spiro atoms. The number of carbonyl (C=O) groups excluding carboxylic acids is 1. The van der Waals surface area contributed by atoms with Crippen LogP contribution in [0.25, 0.3) is 6.08 Å². The number of aryl methyl sites for hydroxylation is 1. The van der Waals surface area contributed by atoms with Crippen molar-refractivity contribution in [1.82, 2.24) is 4.98 Å². The van der Waals surface area contributed by atoms with Crippen LogP contribution < -0.4 is 0 Å². The number of aromatic nitrogens is 1. The Hall–Kier alpha value is -1.35. The van der Waals surface area contributed by atoms with E-state index in [2.05, 4.69) is 18.0 Å². The maximum Gasteiger partial charge on any atom is 0.309 e. The molecule has 2 unspecified atom stereocenters. The molecule has 0 bridgehead atoms. The molecule has 2 N–H and O–H groups in total. The molecular formula is C26H41NO5S2. The fourth-order valence-corrected chi connectivity index (χ4v) is 6.60. The molecule has 6 atom stereocenters. The maximum atomic E-state index is 13.3. The van der Waals surface area contributed by atoms with Gasteiger partial charge in [-0.2, -0.15) is 0 Å². The smallest absolute Gasteiger partial charge is 0.309 e. The number of cyclic esters (lactones) is 1. The average molecular weight is 512 g/mol. The van der Waals surface area contributed by atoms with E-state index in [-0.39, 0.29) is 12.3 Å². The van der Waals surface area contributed by atoms with Crippen LogP contribution in [0.2, 0.25) is 0 Å². The highest BCUT2D eigenvalue weighted by Gasteiger charge is 2.41. The van der Waals surface area contributed by atoms with E-state index in [1.54, 1.807) is 32.1 Å². The van der Waals surface area contributed by atoms with Gasteiger partial charge in [0.1, 0.15) is 6.10 Å². The molecule has 34 heavy (non-hydrogen) atoms. The molecule has 1 aliphatic rings. The number of aliphatic hydroxyl groups is 2. The predicted octanol–water partition coefficient (Wildman–Crippen LogP) is 4.95. The number of carbonyl (C=O) groups is 1. The van der Waals surface area contributed by atoms with Crippen LogP contribution in [-0.4, -0.2) is 53.7 Å². The minimum absolute atomic E-state index is 0.0166. The van der Waals surface area contributed by atoms with E-state index in [1.807, 2.05) is 32.2 Å². The summed E-state index contributed by atoms with van der Waals surface area (Å²) < 4.78 is 18.0. The van der Waals surface area contributed by atoms with Crippen molar-refractivity contribution < 1.29 is 24.0 Å². The lowest BCUT2D eigenvalue weighted by atomic mass is 9.94. The van der Waals surface area contributed by atoms with Crippen LogP contribution in [0.1, 0.15) is 84.3 Å². The molecule has 1 aromatic rings. The SMILES string of the molecule is C/C1=C/C[C@@H](/C(C)=C/c2csc(C)n2)OC(=O)C[C@H](O)C(C)(C)S(=O)[C@H](C)[C@@H](O)C(C)CCC1. The van der Waals surface area contributed by atoms with Gasteiger partial charge in [0.2, 0.25) is 0 Å². The highest BCUT2D eigenvalue weighted by atomic mass is 32.2. The number of thiazole rings is 1. The largest absolute Gasteiger partial charge is 0.457 e. The van der Waals surface area contributed by atoms with E-state index < -0.39 is 45.1 Å². The normalized spacial score (nSPS) is 34.2. The number of ether oxygens (including phenoxy) is 1. The number of esters is 1. The van der Waals surface area contributed by atoms with Gasteiger partial charge in [-0.1, -0.05) is 18.6 Å². The van der Waals surface area contributed by atoms with E-state index in [0.717, 1.165) is 35.5 Å². The highest BCUT2D eigenvalue weighted by Crippen LogP contribution is 2.29. The van der Waals surface area contributed by atoms with Crippen molar-refractivity contribution >= 4 is 34.2 Å². The average Bonchev–Trinajstić information content (AvgIpc) is 3.18. The summed E-state index contributed by atoms with van der Waals surface area (Å²) in [6, 6.07) is 0. The third-order valence-electron chi connectivity index (χ3n) is 6.79. The molecule has 0 aromatic carbocycles. The van der Waals surface area contributed by atoms with E-state index >= 15 is 0 Å². The Balaban J connectivity index is 2.33. The molecule has 6 nitrogen and oxygen atoms in total. The Morgan fingerprint density at radius 1 is 1.29 bits per heavy atom. The van der Waals surface area contributed by atoms with Gasteiger partial charge in [0.15, 0.2) is 0 Å². The molecule has 0 amide bonds. The van der Waals surface area contributed by atoms with E-state index in [4.69, 9.17) is 4.74 Å². The molecule has 8 heteroatoms. The van der Waals surface area contributed by atoms with E-state index in [1.165, 1.54) is 5.57 Å². The molecular weight excluding hydrogens is 470 g/mol. The molecule has 0 saturated carbocycles. The quantitative estimate of drug-likeness (QED) is 0.431. The second-order valence-electron chi connectivity index (χ2n) is 10.1. The van der Waals surface area contributed by atoms with E-state index in [9.17, 15) is 19.2 Å². The Bertz CT molecular complexity index is 920. The molecule has 0 aliphatic carbocycles. The Morgan fingerprint density at radius 3 is 2.59 bits per heavy atom. The van der Waals surface area contributed by atoms with Crippen molar-refractivity contribution in [2.24, 2.45) is 5.92 Å². The van der Waals surface area contributed by atoms with Crippen molar-refractivity contribution in [3.05, 3.63) is 33.3 Å². The zero-order chi connectivity index (χ0) is 25.6. The van der Waals surface area contributed by atoms with Gasteiger partial charge >= 0.3 is 5.97 Å². The lowest BCUT2D eigenvalue weighted by Crippen LogP contribution is -2.49. The minimum atomic E-state index is -1.56. The van der Waals surface area contributed by atoms with Gasteiger partial charge in [-0.05, 0) is 78.4 Å². The maximum absolute atomic E-state index is 13.3. The van der Waals surface area contributed by atoms with Gasteiger partial charge in [0.05, 0.1) is 39.3 Å². The van der Waals surface area contributed by atoms with Crippen molar-refractivity contribution in [2.75, 3.05) is 0 Å². The van der Waals surface area contributed by atoms with Crippen molar-refractivity contribution in [1.29, 1.82) is 0 Å². The first-order valence-electron chi connectivity index (χ1n) is 12.0. The molecule has 0 fully saturated rings. The zero-order valence-corrected chi connectivity index (χ0v) is 23.2. The van der Waals surface area contributed by atoms with Crippen molar-refractivity contribution in [3.63, 3.8) is 0 Å². The standard InChI is InChI=1S/C26H41NO5S2/c1-16-9-8-10-17(2)25(30)19(4)34(31)26(6,7)23(28)14-24(29)32-22(12-11-16)18(3)13-21-15-33-20(5)27-21/h11,13,15,17,19,22-23,25,28,30H,8-10,12,14H2,1-7H3/b16-11-,18-13+/t17?,19-,22+,23+,25+,34?/m1/s1. The lowest BCUT2D eigenvalue weighted by molar-refractivity contribution is -0.149. The lowest BCUT2D eigenvalue weighted by Gasteiger charge is -2.35. The van der Waals surface area contributed by atoms with Crippen LogP contribution >= 0.6 is 11.3 Å². The van der Waals surface area contributed by atoms with Crippen LogP contribution in [0.5, 0.6) is 0 Å². The van der Waals surface area contributed by atoms with Crippen molar-refractivity contribution in [3.8, 4) is 0 Å². The first-order valence-corrected chi connectivity index (χ1v) is 14.1. The van der Waals surface area contributed by atoms with Crippen LogP contribution in [0.4, 0.5) is 0 Å². The van der Waals surface area contributed by atoms with Crippen molar-refractivity contribution in [2.45, 2.75) is 109 Å². The number of hydrogen-bond acceptors (Lipinski definition) is 7. The van der Waals surface area contributed by atoms with Gasteiger partial charge in [-0.3, -0.25) is 9.00 Å². The summed E-state index contributed by atoms with van der Waals surface area (Å²) in [6.07, 6.45) is 4.52. The molecule has 0 saturated heterocycles. The zero-order valence-electron chi connectivity index (χ0n) is 21.5. The van der Waals surface area contributed by atoms with Gasteiger partial charge in [0.25, 0.3) is 0 Å². The topological polar surface area (TPSA) is 96.7 Å². The molecule has 1 aromatic heterocycles. The van der Waals surface area contributed by atoms with Crippen LogP contribution in [0.3, 0.4) is 0 Å². The van der Waals surface area contributed by atoms with E-state index in [0.29, 0.717) is 6.42 Å². The highest BCUT2D eigenvalue weighted by molar-refractivity contribution is 7.87. The number of aliphatic hydroxyl groups excluding tert-OH is 2. The molecule has 192 valence electrons. The van der Waals surface area contributed by atoms with Gasteiger partial charge < -0.3 is 14.9 Å². The summed E-state index contributed by atoms with van der Waals surface area (Å²) in [4.78, 5) is 17.3. The number of rotatable bonds is 2. The summed E-state index contributed by atoms with van der Waals surface area (Å²) in [5.74, 6) is -0.554. The summed E-state index contributed by atoms with van der Waals surface area (Å²) in [6.45, 7) is 13.0. The monoisotopic (exact) mass is 511 g/mol. The predicted molar refractivity (Wildman–Crippen MR) is 140 cm³/mol. The van der Waals surface area contributed by atoms with Gasteiger partial charge in [-0.25, -0.2) is 4.98 Å². The Labute approximate surface area is 211 Å². The summed E-state index contributed by atoms with van der Waals surface area (Å²) in [5, 5.41) is 24.1. The van der Waals surface area contributed by atoms with Crippen LogP contribution in [0, 0.1) is 12.8 Å². The number of allylic oxidation sites excluding steroid dienone is 1. The summed E-state index contributed by atoms with van der Waals surface area (Å²) >= 11 is 1.57. The molecule has 0 radical (unpaired) electrons. The molecule has 2 heterocycles. The second kappa shape index (κ2) is 12.6. The number of nitrogens with zero attached hydrogens (tertiary/aromatic N) is 1. The Morgan fingerprint density at radius 2 is 1.97 bits per heavy atom. The molecule has 1 aliphatic heterocycles. The van der Waals surface area contributed by atoms with Gasteiger partial charge in [-0.15, -0.1) is 11.3 Å². The van der Waals surface area contributed by atoms with Crippen LogP contribution in [-0.2, 0) is 20.3 Å². The third-order valence-corrected chi connectivity index (χ3v) is 9.84. The molecule has 2 rings (SSSR count). The summed E-state index contributed by atoms with van der Waals surface area (Å²) in [7, 11) is -1.56. The van der Waals surface area contributed by atoms with Gasteiger partial charge in [0, 0.05) is 22.6 Å². The second-order valence-corrected chi connectivity index (χ2v) is 13.6. The first-order chi connectivity index (χ1) is 15.8. The fourth-order valence-electron chi connectivity index (χ4n) is 4.20. The number of hydrogen-bond donors (Lipinski definition) is 2. The summed E-state index contributed by atoms with van der Waals surface area (Å²) in [5.41, 5.74) is 2.92. The first kappa shape index (κ1) is 28.9. The minimum Gasteiger partial charge on any atom is -0.457 e. The Kier molecular flexibility index (Phi) is 10.7. The fraction of sp³-hybridized carbons (Fsp3) is 0.692. The third kappa shape index (κ3) is 7.83. The van der Waals surface area contributed by atoms with Crippen LogP contribution in [0.15, 0.2) is 22.6 Å².